The van der Waals surface area contributed by atoms with Crippen LogP contribution in [0.4, 0.5) is 0 Å². The zero-order chi connectivity index (χ0) is 70.0. The molecule has 0 heterocycles. The minimum atomic E-state index is -4.96. The van der Waals surface area contributed by atoms with E-state index >= 15 is 0 Å². The SMILES string of the molecule is CCCCCCCCCCCCCCCCCCCCCC(=O)O[C@H](COC(=O)CCCCCCCCCCCCCC(C)C)COP(=O)(O)OC[C@@H](O)COP(=O)(O)OC[C@@H](COC(=O)CCCCCCCCC(C)C)OC(=O)CCCCCCCCCCCCCCC. The first-order valence-corrected chi connectivity index (χ1v) is 42.5. The Morgan fingerprint density at radius 2 is 0.484 bits per heavy atom. The third kappa shape index (κ3) is 70.3. The van der Waals surface area contributed by atoms with Crippen molar-refractivity contribution in [2.24, 2.45) is 11.8 Å². The van der Waals surface area contributed by atoms with E-state index < -0.39 is 97.5 Å². The normalized spacial score (nSPS) is 14.0. The van der Waals surface area contributed by atoms with Crippen molar-refractivity contribution < 1.29 is 80.2 Å². The molecule has 0 aliphatic carbocycles. The monoisotopic (exact) mass is 1400 g/mol. The van der Waals surface area contributed by atoms with Gasteiger partial charge in [-0.2, -0.15) is 0 Å². The molecule has 0 aromatic heterocycles. The molecule has 0 aliphatic rings. The number of ether oxygens (including phenoxy) is 4. The molecule has 2 unspecified atom stereocenters. The lowest BCUT2D eigenvalue weighted by molar-refractivity contribution is -0.161. The number of carbonyl (C=O) groups excluding carboxylic acids is 4. The number of aliphatic hydroxyl groups is 1. The van der Waals surface area contributed by atoms with Crippen molar-refractivity contribution in [2.75, 3.05) is 39.6 Å². The first-order chi connectivity index (χ1) is 45.9. The number of hydrogen-bond donors (Lipinski definition) is 3. The number of phosphoric ester groups is 2. The molecule has 0 aromatic rings. The highest BCUT2D eigenvalue weighted by atomic mass is 31.2. The highest BCUT2D eigenvalue weighted by Crippen LogP contribution is 2.45. The first-order valence-electron chi connectivity index (χ1n) is 39.5. The van der Waals surface area contributed by atoms with Gasteiger partial charge in [-0.25, -0.2) is 9.13 Å². The molecule has 3 N–H and O–H groups in total. The fourth-order valence-corrected chi connectivity index (χ4v) is 13.2. The standard InChI is InChI=1S/C76H148O17P2/c1-7-9-11-13-15-17-19-21-22-23-24-25-26-28-32-37-41-49-55-61-75(80)92-71(64-86-73(78)58-52-46-39-35-33-29-30-34-38-44-50-56-68(3)4)66-90-94(82,83)88-62-70(77)63-89-95(84,85)91-67-72(65-87-74(79)59-53-47-43-42-45-51-57-69(5)6)93-76(81)60-54-48-40-36-31-27-20-18-16-14-12-10-8-2/h68-72,77H,7-67H2,1-6H3,(H,82,83)(H,84,85)/t70-,71-,72-/m1/s1. The predicted molar refractivity (Wildman–Crippen MR) is 386 cm³/mol. The minimum Gasteiger partial charge on any atom is -0.462 e. The van der Waals surface area contributed by atoms with E-state index in [1.807, 2.05) is 0 Å². The van der Waals surface area contributed by atoms with Gasteiger partial charge in [-0.15, -0.1) is 0 Å². The summed E-state index contributed by atoms with van der Waals surface area (Å²) < 4.78 is 68.5. The van der Waals surface area contributed by atoms with E-state index in [0.29, 0.717) is 31.6 Å². The first kappa shape index (κ1) is 93.1. The quantitative estimate of drug-likeness (QED) is 0.0222. The number of aliphatic hydroxyl groups excluding tert-OH is 1. The summed E-state index contributed by atoms with van der Waals surface area (Å²) in [5, 5.41) is 10.6. The van der Waals surface area contributed by atoms with Gasteiger partial charge in [-0.3, -0.25) is 37.3 Å². The third-order valence-electron chi connectivity index (χ3n) is 17.7. The Morgan fingerprint density at radius 1 is 0.284 bits per heavy atom. The second-order valence-corrected chi connectivity index (χ2v) is 31.3. The summed E-state index contributed by atoms with van der Waals surface area (Å²) in [4.78, 5) is 72.8. The van der Waals surface area contributed by atoms with Crippen LogP contribution in [0.25, 0.3) is 0 Å². The Hall–Kier alpha value is -1.94. The lowest BCUT2D eigenvalue weighted by Crippen LogP contribution is -2.30. The van der Waals surface area contributed by atoms with E-state index in [2.05, 4.69) is 41.5 Å². The van der Waals surface area contributed by atoms with Crippen molar-refractivity contribution >= 4 is 39.5 Å². The number of esters is 4. The highest BCUT2D eigenvalue weighted by Gasteiger charge is 2.30. The smallest absolute Gasteiger partial charge is 0.462 e. The summed E-state index contributed by atoms with van der Waals surface area (Å²) in [5.74, 6) is -0.666. The van der Waals surface area contributed by atoms with Crippen molar-refractivity contribution in [1.82, 2.24) is 0 Å². The van der Waals surface area contributed by atoms with Crippen molar-refractivity contribution in [3.05, 3.63) is 0 Å². The topological polar surface area (TPSA) is 237 Å². The van der Waals surface area contributed by atoms with E-state index in [-0.39, 0.29) is 25.7 Å². The zero-order valence-electron chi connectivity index (χ0n) is 62.0. The summed E-state index contributed by atoms with van der Waals surface area (Å²) in [6.07, 6.45) is 55.6. The molecule has 0 radical (unpaired) electrons. The molecule has 0 spiro atoms. The number of unbranched alkanes of at least 4 members (excludes halogenated alkanes) is 45. The van der Waals surface area contributed by atoms with Gasteiger partial charge < -0.3 is 33.8 Å². The lowest BCUT2D eigenvalue weighted by Gasteiger charge is -2.21. The molecule has 0 amide bonds. The van der Waals surface area contributed by atoms with Crippen LogP contribution in [0, 0.1) is 11.8 Å². The largest absolute Gasteiger partial charge is 0.472 e. The Labute approximate surface area is 581 Å². The van der Waals surface area contributed by atoms with Crippen LogP contribution < -0.4 is 0 Å². The Balaban J connectivity index is 5.22. The number of phosphoric acid groups is 2. The summed E-state index contributed by atoms with van der Waals surface area (Å²) in [5.41, 5.74) is 0. The molecule has 17 nitrogen and oxygen atoms in total. The molecular formula is C76H148O17P2. The molecule has 0 bridgehead atoms. The fraction of sp³-hybridized carbons (Fsp3) is 0.947. The van der Waals surface area contributed by atoms with Crippen LogP contribution >= 0.6 is 15.6 Å². The Bertz CT molecular complexity index is 1840. The molecule has 0 saturated heterocycles. The van der Waals surface area contributed by atoms with Gasteiger partial charge >= 0.3 is 39.5 Å². The van der Waals surface area contributed by atoms with Crippen LogP contribution in [0.1, 0.15) is 395 Å². The maximum absolute atomic E-state index is 13.1. The van der Waals surface area contributed by atoms with Crippen LogP contribution in [-0.2, 0) is 65.4 Å². The van der Waals surface area contributed by atoms with Crippen LogP contribution in [0.2, 0.25) is 0 Å². The van der Waals surface area contributed by atoms with Gasteiger partial charge in [0.2, 0.25) is 0 Å². The third-order valence-corrected chi connectivity index (χ3v) is 19.6. The second kappa shape index (κ2) is 67.9. The number of carbonyl (C=O) groups is 4. The van der Waals surface area contributed by atoms with Gasteiger partial charge in [0.15, 0.2) is 12.2 Å². The van der Waals surface area contributed by atoms with Crippen molar-refractivity contribution in [3.8, 4) is 0 Å². The van der Waals surface area contributed by atoms with E-state index in [1.54, 1.807) is 0 Å². The lowest BCUT2D eigenvalue weighted by atomic mass is 10.0. The van der Waals surface area contributed by atoms with Gasteiger partial charge in [-0.1, -0.05) is 343 Å². The average molecular weight is 1400 g/mol. The van der Waals surface area contributed by atoms with Crippen LogP contribution in [0.5, 0.6) is 0 Å². The van der Waals surface area contributed by atoms with Gasteiger partial charge in [0.25, 0.3) is 0 Å². The fourth-order valence-electron chi connectivity index (χ4n) is 11.7. The van der Waals surface area contributed by atoms with Crippen molar-refractivity contribution in [2.45, 2.75) is 413 Å². The molecule has 5 atom stereocenters. The molecule has 0 aliphatic heterocycles. The van der Waals surface area contributed by atoms with Gasteiger partial charge in [-0.05, 0) is 37.5 Å². The number of hydrogen-bond acceptors (Lipinski definition) is 15. The predicted octanol–water partition coefficient (Wildman–Crippen LogP) is 22.3. The number of rotatable bonds is 75. The molecule has 95 heavy (non-hydrogen) atoms. The minimum absolute atomic E-state index is 0.107. The summed E-state index contributed by atoms with van der Waals surface area (Å²) >= 11 is 0. The maximum Gasteiger partial charge on any atom is 0.472 e. The zero-order valence-corrected chi connectivity index (χ0v) is 63.8. The molecule has 0 aromatic carbocycles. The maximum atomic E-state index is 13.1. The Morgan fingerprint density at radius 3 is 0.716 bits per heavy atom. The van der Waals surface area contributed by atoms with E-state index in [9.17, 15) is 43.2 Å². The average Bonchev–Trinajstić information content (AvgIpc) is 1.57. The molecule has 19 heteroatoms. The van der Waals surface area contributed by atoms with Crippen LogP contribution in [-0.4, -0.2) is 96.7 Å². The van der Waals surface area contributed by atoms with Crippen molar-refractivity contribution in [1.29, 1.82) is 0 Å². The van der Waals surface area contributed by atoms with E-state index in [1.165, 1.54) is 205 Å². The van der Waals surface area contributed by atoms with E-state index in [4.69, 9.17) is 37.0 Å². The molecular weight excluding hydrogens is 1250 g/mol. The molecule has 0 fully saturated rings. The summed E-state index contributed by atoms with van der Waals surface area (Å²) in [6, 6.07) is 0. The van der Waals surface area contributed by atoms with Crippen LogP contribution in [0.3, 0.4) is 0 Å². The van der Waals surface area contributed by atoms with Gasteiger partial charge in [0.1, 0.15) is 19.3 Å². The second-order valence-electron chi connectivity index (χ2n) is 28.3. The van der Waals surface area contributed by atoms with E-state index in [0.717, 1.165) is 102 Å². The van der Waals surface area contributed by atoms with Crippen LogP contribution in [0.15, 0.2) is 0 Å². The molecule has 0 rings (SSSR count). The highest BCUT2D eigenvalue weighted by molar-refractivity contribution is 7.47. The summed E-state index contributed by atoms with van der Waals surface area (Å²) in [7, 11) is -9.91. The summed E-state index contributed by atoms with van der Waals surface area (Å²) in [6.45, 7) is 9.52. The Kier molecular flexibility index (Phi) is 66.5. The van der Waals surface area contributed by atoms with Crippen molar-refractivity contribution in [3.63, 3.8) is 0 Å². The van der Waals surface area contributed by atoms with Gasteiger partial charge in [0.05, 0.1) is 26.4 Å². The molecule has 0 saturated carbocycles. The molecule has 564 valence electrons. The van der Waals surface area contributed by atoms with Gasteiger partial charge in [0, 0.05) is 25.7 Å².